The van der Waals surface area contributed by atoms with E-state index in [0.717, 1.165) is 0 Å². The first kappa shape index (κ1) is 52.2. The average Bonchev–Trinajstić information content (AvgIpc) is 3.76. The number of likely N-dealkylation sites (tertiary alicyclic amines) is 2. The highest BCUT2D eigenvalue weighted by atomic mass is 19.1. The minimum absolute atomic E-state index is 0.0638. The van der Waals surface area contributed by atoms with Crippen LogP contribution in [0.15, 0.2) is 24.4 Å². The third-order valence-electron chi connectivity index (χ3n) is 11.4. The molecule has 2 saturated heterocycles. The minimum atomic E-state index is -1.58. The van der Waals surface area contributed by atoms with Gasteiger partial charge in [-0.15, -0.1) is 5.10 Å². The highest BCUT2D eigenvalue weighted by molar-refractivity contribution is 6.01. The molecule has 0 radical (unpaired) electrons. The Bertz CT molecular complexity index is 2030. The summed E-state index contributed by atoms with van der Waals surface area (Å²) in [5, 5.41) is 72.9. The molecule has 4 rings (SSSR count). The Morgan fingerprint density at radius 3 is 1.34 bits per heavy atom. The molecule has 2 aliphatic heterocycles. The van der Waals surface area contributed by atoms with Gasteiger partial charge in [-0.25, -0.2) is 33.4 Å². The summed E-state index contributed by atoms with van der Waals surface area (Å²) in [6.45, 7) is 0.0638. The normalized spacial score (nSPS) is 16.1. The fourth-order valence-corrected chi connectivity index (χ4v) is 7.76. The number of carboxylic acid groups (broad SMARTS) is 6. The lowest BCUT2D eigenvalue weighted by molar-refractivity contribution is -0.142. The number of rotatable bonds is 24. The predicted octanol–water partition coefficient (Wildman–Crippen LogP) is 0.795. The summed E-state index contributed by atoms with van der Waals surface area (Å²) in [6, 6.07) is -3.81. The second-order valence-electron chi connectivity index (χ2n) is 16.3. The molecule has 1 aromatic heterocycles. The van der Waals surface area contributed by atoms with E-state index >= 15 is 0 Å². The smallest absolute Gasteiger partial charge is 0.326 e. The number of piperidine rings is 2. The first-order chi connectivity index (χ1) is 31.7. The van der Waals surface area contributed by atoms with Crippen molar-refractivity contribution in [2.75, 3.05) is 32.9 Å². The Labute approximate surface area is 381 Å². The molecule has 2 aromatic rings. The second-order valence-corrected chi connectivity index (χ2v) is 16.3. The van der Waals surface area contributed by atoms with Crippen LogP contribution in [0.2, 0.25) is 0 Å². The fourth-order valence-electron chi connectivity index (χ4n) is 7.76. The Kier molecular flexibility index (Phi) is 19.3. The Morgan fingerprint density at radius 1 is 0.597 bits per heavy atom. The van der Waals surface area contributed by atoms with E-state index in [9.17, 15) is 72.8 Å². The van der Waals surface area contributed by atoms with Crippen LogP contribution in [-0.4, -0.2) is 172 Å². The number of carbonyl (C=O) groups is 10. The van der Waals surface area contributed by atoms with Gasteiger partial charge in [0, 0.05) is 50.1 Å². The molecule has 0 spiro atoms. The number of aromatic nitrogens is 3. The van der Waals surface area contributed by atoms with Crippen LogP contribution >= 0.6 is 0 Å². The van der Waals surface area contributed by atoms with Crippen LogP contribution in [0.4, 0.5) is 14.0 Å². The minimum Gasteiger partial charge on any atom is -0.481 e. The van der Waals surface area contributed by atoms with Crippen molar-refractivity contribution >= 4 is 59.7 Å². The molecular weight excluding hydrogens is 893 g/mol. The number of carbonyl (C=O) groups excluding carboxylic acids is 4. The summed E-state index contributed by atoms with van der Waals surface area (Å²) < 4.78 is 14.3. The molecule has 366 valence electrons. The molecule has 0 bridgehead atoms. The predicted molar refractivity (Wildman–Crippen MR) is 225 cm³/mol. The number of benzene rings is 1. The van der Waals surface area contributed by atoms with Crippen molar-refractivity contribution in [1.82, 2.24) is 46.1 Å². The molecule has 2 fully saturated rings. The number of halogens is 1. The highest BCUT2D eigenvalue weighted by Crippen LogP contribution is 2.27. The summed E-state index contributed by atoms with van der Waals surface area (Å²) in [7, 11) is 0. The summed E-state index contributed by atoms with van der Waals surface area (Å²) in [6.07, 6.45) is 1.19. The van der Waals surface area contributed by atoms with Crippen LogP contribution in [0, 0.1) is 11.8 Å². The number of amides is 6. The lowest BCUT2D eigenvalue weighted by Gasteiger charge is -2.34. The first-order valence-electron chi connectivity index (χ1n) is 21.4. The number of aliphatic carboxylic acids is 6. The molecule has 67 heavy (non-hydrogen) atoms. The van der Waals surface area contributed by atoms with Crippen LogP contribution in [0.25, 0.3) is 5.69 Å². The van der Waals surface area contributed by atoms with E-state index in [4.69, 9.17) is 10.2 Å². The summed E-state index contributed by atoms with van der Waals surface area (Å²) in [4.78, 5) is 125. The molecule has 10 N–H and O–H groups in total. The molecule has 1 aromatic carbocycles. The SMILES string of the molecule is O=C(O)CCC(NC(=O)N[C@@H](CC1CCN(C(=O)c2cc(C(=O)N3CCC(CC(NC(=O)N[C@@H](CCC(=O)O)C(=O)O)C(=O)O)CC3)cc(-n3cc(CCCF)nn3)c2)CC1)C(=O)O)C(=O)O. The van der Waals surface area contributed by atoms with Crippen molar-refractivity contribution < 1.29 is 83.0 Å². The molecule has 26 heteroatoms. The van der Waals surface area contributed by atoms with Gasteiger partial charge >= 0.3 is 47.9 Å². The Balaban J connectivity index is 1.43. The number of nitrogens with zero attached hydrogens (tertiary/aromatic N) is 5. The molecule has 2 unspecified atom stereocenters. The van der Waals surface area contributed by atoms with Crippen LogP contribution in [0.3, 0.4) is 0 Å². The lowest BCUT2D eigenvalue weighted by Crippen LogP contribution is -2.52. The zero-order chi connectivity index (χ0) is 49.4. The van der Waals surface area contributed by atoms with Gasteiger partial charge in [-0.1, -0.05) is 5.21 Å². The molecule has 6 amide bonds. The van der Waals surface area contributed by atoms with Gasteiger partial charge in [0.2, 0.25) is 0 Å². The number of hydrogen-bond donors (Lipinski definition) is 10. The van der Waals surface area contributed by atoms with Crippen molar-refractivity contribution in [2.45, 2.75) is 101 Å². The third kappa shape index (κ3) is 16.2. The Hall–Kier alpha value is -7.41. The van der Waals surface area contributed by atoms with E-state index in [-0.39, 0.29) is 74.8 Å². The van der Waals surface area contributed by atoms with Crippen molar-refractivity contribution in [3.8, 4) is 5.69 Å². The molecule has 4 atom stereocenters. The van der Waals surface area contributed by atoms with Crippen molar-refractivity contribution in [3.05, 3.63) is 41.2 Å². The Morgan fingerprint density at radius 2 is 0.985 bits per heavy atom. The van der Waals surface area contributed by atoms with Gasteiger partial charge in [-0.3, -0.25) is 23.6 Å². The van der Waals surface area contributed by atoms with Gasteiger partial charge in [0.25, 0.3) is 11.8 Å². The molecule has 3 heterocycles. The van der Waals surface area contributed by atoms with E-state index < -0.39 is 116 Å². The van der Waals surface area contributed by atoms with E-state index in [0.29, 0.717) is 37.1 Å². The molecule has 2 aliphatic rings. The molecule has 25 nitrogen and oxygen atoms in total. The number of alkyl halides is 1. The average molecular weight is 948 g/mol. The van der Waals surface area contributed by atoms with Gasteiger partial charge < -0.3 is 61.7 Å². The molecular formula is C41H54FN9O16. The van der Waals surface area contributed by atoms with E-state index in [1.54, 1.807) is 6.20 Å². The molecule has 0 aliphatic carbocycles. The molecule has 0 saturated carbocycles. The van der Waals surface area contributed by atoms with Gasteiger partial charge in [0.15, 0.2) is 0 Å². The van der Waals surface area contributed by atoms with Crippen LogP contribution < -0.4 is 21.3 Å². The summed E-state index contributed by atoms with van der Waals surface area (Å²) >= 11 is 0. The maximum Gasteiger partial charge on any atom is 0.326 e. The number of carboxylic acids is 6. The fraction of sp³-hybridized carbons (Fsp3) is 0.561. The first-order valence-corrected chi connectivity index (χ1v) is 21.4. The van der Waals surface area contributed by atoms with Crippen LogP contribution in [-0.2, 0) is 35.2 Å². The van der Waals surface area contributed by atoms with E-state index in [1.807, 2.05) is 0 Å². The lowest BCUT2D eigenvalue weighted by atomic mass is 9.89. The van der Waals surface area contributed by atoms with E-state index in [2.05, 4.69) is 31.6 Å². The van der Waals surface area contributed by atoms with Gasteiger partial charge in [0.05, 0.1) is 24.3 Å². The van der Waals surface area contributed by atoms with Crippen molar-refractivity contribution in [2.24, 2.45) is 11.8 Å². The third-order valence-corrected chi connectivity index (χ3v) is 11.4. The van der Waals surface area contributed by atoms with Crippen molar-refractivity contribution in [1.29, 1.82) is 0 Å². The second kappa shape index (κ2) is 24.8. The number of hydrogen-bond acceptors (Lipinski definition) is 12. The quantitative estimate of drug-likeness (QED) is 0.0695. The zero-order valence-electron chi connectivity index (χ0n) is 36.2. The van der Waals surface area contributed by atoms with E-state index in [1.165, 1.54) is 32.7 Å². The standard InChI is InChI=1S/C41H54FN9O16/c42-11-1-2-26-21-51(48-47-26)27-19-24(34(56)49-12-7-22(8-13-49)16-30(38(62)63)45-40(66)43-28(36(58)59)3-5-32(52)53)18-25(20-27)35(57)50-14-9-23(10-15-50)17-31(39(64)65)46-41(67)44-29(37(60)61)4-6-33(54)55/h18-23,28-31H,1-17H2,(H,52,53)(H,54,55)(H,58,59)(H,60,61)(H,62,63)(H,64,65)(H2,43,45,66)(H2,44,46,67)/t28-,29?,30?,31-/m0/s1. The maximum atomic E-state index is 14.1. The van der Waals surface area contributed by atoms with Crippen LogP contribution in [0.5, 0.6) is 0 Å². The largest absolute Gasteiger partial charge is 0.481 e. The number of nitrogens with one attached hydrogen (secondary N) is 4. The van der Waals surface area contributed by atoms with Gasteiger partial charge in [-0.05, 0) is 94.2 Å². The zero-order valence-corrected chi connectivity index (χ0v) is 36.2. The monoisotopic (exact) mass is 947 g/mol. The highest BCUT2D eigenvalue weighted by Gasteiger charge is 2.33. The topological polar surface area (TPSA) is 377 Å². The number of urea groups is 2. The summed E-state index contributed by atoms with van der Waals surface area (Å²) in [5.74, 6) is -9.87. The number of aryl methyl sites for hydroxylation is 1. The maximum absolute atomic E-state index is 14.1. The van der Waals surface area contributed by atoms with Gasteiger partial charge in [0.1, 0.15) is 24.2 Å². The van der Waals surface area contributed by atoms with Crippen molar-refractivity contribution in [3.63, 3.8) is 0 Å². The van der Waals surface area contributed by atoms with Gasteiger partial charge in [-0.2, -0.15) is 0 Å². The van der Waals surface area contributed by atoms with Crippen LogP contribution in [0.1, 0.15) is 97.0 Å². The summed E-state index contributed by atoms with van der Waals surface area (Å²) in [5.41, 5.74) is 0.967.